The highest BCUT2D eigenvalue weighted by molar-refractivity contribution is 5.94. The number of hydrogen-bond acceptors (Lipinski definition) is 7. The molecule has 0 fully saturated rings. The highest BCUT2D eigenvalue weighted by Gasteiger charge is 2.25. The molecule has 0 aliphatic heterocycles. The van der Waals surface area contributed by atoms with Crippen molar-refractivity contribution in [2.75, 3.05) is 6.61 Å². The molecule has 3 aromatic rings. The first-order chi connectivity index (χ1) is 13.7. The number of esters is 1. The van der Waals surface area contributed by atoms with Crippen LogP contribution in [0.2, 0.25) is 0 Å². The molecule has 0 saturated carbocycles. The molecule has 0 spiro atoms. The third-order valence-electron chi connectivity index (χ3n) is 4.12. The van der Waals surface area contributed by atoms with Crippen LogP contribution in [-0.4, -0.2) is 37.1 Å². The van der Waals surface area contributed by atoms with Crippen LogP contribution in [-0.2, 0) is 17.2 Å². The third kappa shape index (κ3) is 4.00. The number of pyridine rings is 1. The number of azo groups is 1. The Morgan fingerprint density at radius 2 is 2.03 bits per heavy atom. The molecule has 3 rings (SSSR count). The lowest BCUT2D eigenvalue weighted by Crippen LogP contribution is -2.12. The maximum absolute atomic E-state index is 12.5. The fourth-order valence-corrected chi connectivity index (χ4v) is 2.69. The molecule has 0 amide bonds. The van der Waals surface area contributed by atoms with Gasteiger partial charge in [-0.25, -0.2) is 9.78 Å². The molecule has 29 heavy (non-hydrogen) atoms. The first kappa shape index (κ1) is 20.2. The topological polar surface area (TPSA) is 120 Å². The summed E-state index contributed by atoms with van der Waals surface area (Å²) in [6.07, 6.45) is 2.95. The van der Waals surface area contributed by atoms with Crippen molar-refractivity contribution in [1.82, 2.24) is 24.5 Å². The Bertz CT molecular complexity index is 1100. The molecule has 0 aromatic carbocycles. The van der Waals surface area contributed by atoms with Gasteiger partial charge in [-0.1, -0.05) is 26.8 Å². The zero-order valence-corrected chi connectivity index (χ0v) is 17.0. The van der Waals surface area contributed by atoms with Crippen LogP contribution >= 0.6 is 0 Å². The molecule has 0 atom stereocenters. The van der Waals surface area contributed by atoms with E-state index in [2.05, 4.69) is 25.4 Å². The van der Waals surface area contributed by atoms with Crippen LogP contribution in [0.3, 0.4) is 0 Å². The molecule has 10 nitrogen and oxygen atoms in total. The molecular formula is C19H23N7O3. The number of aryl methyl sites for hydroxylation is 1. The lowest BCUT2D eigenvalue weighted by Gasteiger charge is -2.16. The summed E-state index contributed by atoms with van der Waals surface area (Å²) in [6.45, 7) is 7.79. The van der Waals surface area contributed by atoms with Gasteiger partial charge in [0, 0.05) is 18.7 Å². The summed E-state index contributed by atoms with van der Waals surface area (Å²) in [4.78, 5) is 29.1. The average molecular weight is 397 g/mol. The summed E-state index contributed by atoms with van der Waals surface area (Å²) in [5, 5.41) is 15.6. The Kier molecular flexibility index (Phi) is 5.44. The number of carbonyl (C=O) groups is 1. The van der Waals surface area contributed by atoms with Crippen LogP contribution in [0.15, 0.2) is 45.6 Å². The SMILES string of the molecule is CCOC(=O)c1cnn(-c2ccccn2)c1N=Nc1c(C(C)(C)C)[nH]n(C)c1=O. The smallest absolute Gasteiger partial charge is 0.343 e. The highest BCUT2D eigenvalue weighted by atomic mass is 16.5. The lowest BCUT2D eigenvalue weighted by atomic mass is 9.91. The Balaban J connectivity index is 2.15. The first-order valence-corrected chi connectivity index (χ1v) is 9.11. The maximum Gasteiger partial charge on any atom is 0.343 e. The van der Waals surface area contributed by atoms with E-state index in [1.807, 2.05) is 20.8 Å². The fraction of sp³-hybridized carbons (Fsp3) is 0.368. The van der Waals surface area contributed by atoms with Gasteiger partial charge in [-0.3, -0.25) is 14.6 Å². The number of H-pyrrole nitrogens is 1. The van der Waals surface area contributed by atoms with Gasteiger partial charge in [0.2, 0.25) is 0 Å². The van der Waals surface area contributed by atoms with Crippen LogP contribution in [0.4, 0.5) is 11.5 Å². The average Bonchev–Trinajstić information content (AvgIpc) is 3.22. The zero-order valence-electron chi connectivity index (χ0n) is 17.0. The summed E-state index contributed by atoms with van der Waals surface area (Å²) < 4.78 is 7.81. The van der Waals surface area contributed by atoms with Crippen molar-refractivity contribution in [3.8, 4) is 5.82 Å². The van der Waals surface area contributed by atoms with E-state index < -0.39 is 5.97 Å². The van der Waals surface area contributed by atoms with Crippen molar-refractivity contribution in [3.63, 3.8) is 0 Å². The number of rotatable bonds is 5. The summed E-state index contributed by atoms with van der Waals surface area (Å²) in [6, 6.07) is 5.27. The molecule has 0 bridgehead atoms. The van der Waals surface area contributed by atoms with Crippen LogP contribution in [0.1, 0.15) is 43.7 Å². The van der Waals surface area contributed by atoms with E-state index in [-0.39, 0.29) is 34.6 Å². The van der Waals surface area contributed by atoms with E-state index >= 15 is 0 Å². The van der Waals surface area contributed by atoms with Gasteiger partial charge in [-0.05, 0) is 19.1 Å². The van der Waals surface area contributed by atoms with Gasteiger partial charge in [0.25, 0.3) is 5.56 Å². The number of hydrogen-bond donors (Lipinski definition) is 1. The van der Waals surface area contributed by atoms with Crippen molar-refractivity contribution in [3.05, 3.63) is 52.2 Å². The molecule has 0 aliphatic rings. The Labute approximate surface area is 167 Å². The Morgan fingerprint density at radius 3 is 2.66 bits per heavy atom. The van der Waals surface area contributed by atoms with Gasteiger partial charge in [0.05, 0.1) is 18.5 Å². The van der Waals surface area contributed by atoms with Crippen LogP contribution in [0.25, 0.3) is 5.82 Å². The summed E-state index contributed by atoms with van der Waals surface area (Å²) in [7, 11) is 1.61. The van der Waals surface area contributed by atoms with E-state index in [0.29, 0.717) is 11.5 Å². The Hall–Kier alpha value is -3.56. The summed E-state index contributed by atoms with van der Waals surface area (Å²) in [5.74, 6) is 0.00178. The molecule has 3 aromatic heterocycles. The molecule has 0 unspecified atom stereocenters. The minimum absolute atomic E-state index is 0.130. The normalized spacial score (nSPS) is 11.9. The highest BCUT2D eigenvalue weighted by Crippen LogP contribution is 2.30. The molecule has 0 saturated heterocycles. The number of aromatic amines is 1. The van der Waals surface area contributed by atoms with Crippen LogP contribution < -0.4 is 5.56 Å². The van der Waals surface area contributed by atoms with Crippen molar-refractivity contribution in [1.29, 1.82) is 0 Å². The largest absolute Gasteiger partial charge is 0.462 e. The second-order valence-electron chi connectivity index (χ2n) is 7.35. The number of carbonyl (C=O) groups excluding carboxylic acids is 1. The van der Waals surface area contributed by atoms with E-state index in [4.69, 9.17) is 4.74 Å². The fourth-order valence-electron chi connectivity index (χ4n) is 2.69. The number of nitrogens with zero attached hydrogens (tertiary/aromatic N) is 6. The van der Waals surface area contributed by atoms with Gasteiger partial charge < -0.3 is 4.74 Å². The van der Waals surface area contributed by atoms with E-state index in [9.17, 15) is 9.59 Å². The van der Waals surface area contributed by atoms with Crippen molar-refractivity contribution >= 4 is 17.5 Å². The van der Waals surface area contributed by atoms with Gasteiger partial charge in [0.1, 0.15) is 5.56 Å². The number of nitrogens with one attached hydrogen (secondary N) is 1. The zero-order chi connectivity index (χ0) is 21.2. The predicted molar refractivity (Wildman–Crippen MR) is 106 cm³/mol. The molecular weight excluding hydrogens is 374 g/mol. The molecule has 0 radical (unpaired) electrons. The van der Waals surface area contributed by atoms with Crippen LogP contribution in [0.5, 0.6) is 0 Å². The van der Waals surface area contributed by atoms with Gasteiger partial charge in [-0.2, -0.15) is 9.78 Å². The second-order valence-corrected chi connectivity index (χ2v) is 7.35. The number of ether oxygens (including phenoxy) is 1. The molecule has 10 heteroatoms. The van der Waals surface area contributed by atoms with Crippen LogP contribution in [0, 0.1) is 0 Å². The number of aromatic nitrogens is 5. The van der Waals surface area contributed by atoms with E-state index in [1.165, 1.54) is 15.6 Å². The quantitative estimate of drug-likeness (QED) is 0.524. The van der Waals surface area contributed by atoms with E-state index in [1.54, 1.807) is 38.4 Å². The molecule has 3 heterocycles. The monoisotopic (exact) mass is 397 g/mol. The minimum atomic E-state index is -0.582. The Morgan fingerprint density at radius 1 is 1.28 bits per heavy atom. The van der Waals surface area contributed by atoms with Gasteiger partial charge >= 0.3 is 5.97 Å². The molecule has 152 valence electrons. The van der Waals surface area contributed by atoms with Crippen molar-refractivity contribution in [2.45, 2.75) is 33.1 Å². The maximum atomic E-state index is 12.5. The lowest BCUT2D eigenvalue weighted by molar-refractivity contribution is 0.0527. The van der Waals surface area contributed by atoms with Crippen molar-refractivity contribution in [2.24, 2.45) is 17.3 Å². The molecule has 0 aliphatic carbocycles. The van der Waals surface area contributed by atoms with E-state index in [0.717, 1.165) is 0 Å². The summed E-state index contributed by atoms with van der Waals surface area (Å²) in [5.41, 5.74) is 0.255. The molecule has 1 N–H and O–H groups in total. The second kappa shape index (κ2) is 7.82. The van der Waals surface area contributed by atoms with Crippen molar-refractivity contribution < 1.29 is 9.53 Å². The summed E-state index contributed by atoms with van der Waals surface area (Å²) >= 11 is 0. The standard InChI is InChI=1S/C19H23N7O3/c1-6-29-18(28)12-11-21-26(13-9-7-8-10-20-13)16(12)23-22-14-15(19(2,3)4)24-25(5)17(14)27/h7-11,24H,6H2,1-5H3. The predicted octanol–water partition coefficient (Wildman–Crippen LogP) is 3.18. The third-order valence-corrected chi connectivity index (χ3v) is 4.12. The first-order valence-electron chi connectivity index (χ1n) is 9.11. The van der Waals surface area contributed by atoms with Gasteiger partial charge in [0.15, 0.2) is 17.3 Å². The van der Waals surface area contributed by atoms with Gasteiger partial charge in [-0.15, -0.1) is 10.2 Å². The minimum Gasteiger partial charge on any atom is -0.462 e.